The van der Waals surface area contributed by atoms with E-state index in [9.17, 15) is 9.59 Å². The van der Waals surface area contributed by atoms with Crippen LogP contribution in [0.2, 0.25) is 0 Å². The summed E-state index contributed by atoms with van der Waals surface area (Å²) in [4.78, 5) is 32.5. The average molecular weight is 426 g/mol. The first-order valence-electron chi connectivity index (χ1n) is 10.9. The smallest absolute Gasteiger partial charge is 0.254 e. The number of likely N-dealkylation sites (tertiary alicyclic amines) is 1. The highest BCUT2D eigenvalue weighted by atomic mass is 32.2. The molecule has 1 fully saturated rings. The number of hydrogen-bond donors (Lipinski definition) is 0. The predicted octanol–water partition coefficient (Wildman–Crippen LogP) is 3.74. The molecular formula is C24H31N3O2S. The Labute approximate surface area is 182 Å². The van der Waals surface area contributed by atoms with Gasteiger partial charge in [0, 0.05) is 36.9 Å². The second-order valence-electron chi connectivity index (χ2n) is 9.59. The molecule has 4 rings (SSSR count). The quantitative estimate of drug-likeness (QED) is 0.703. The van der Waals surface area contributed by atoms with Gasteiger partial charge in [-0.05, 0) is 30.7 Å². The Balaban J connectivity index is 1.37. The van der Waals surface area contributed by atoms with E-state index in [0.717, 1.165) is 43.2 Å². The Kier molecular flexibility index (Phi) is 6.05. The van der Waals surface area contributed by atoms with Crippen LogP contribution in [0.25, 0.3) is 0 Å². The van der Waals surface area contributed by atoms with Crippen molar-refractivity contribution in [1.82, 2.24) is 14.5 Å². The first kappa shape index (κ1) is 21.2. The maximum Gasteiger partial charge on any atom is 0.254 e. The molecule has 0 radical (unpaired) electrons. The van der Waals surface area contributed by atoms with Gasteiger partial charge in [-0.25, -0.2) is 4.98 Å². The lowest BCUT2D eigenvalue weighted by Crippen LogP contribution is -2.46. The van der Waals surface area contributed by atoms with Crippen LogP contribution >= 0.6 is 11.8 Å². The predicted molar refractivity (Wildman–Crippen MR) is 121 cm³/mol. The lowest BCUT2D eigenvalue weighted by atomic mass is 9.89. The average Bonchev–Trinajstić information content (AvgIpc) is 2.73. The van der Waals surface area contributed by atoms with Gasteiger partial charge in [-0.3, -0.25) is 14.2 Å². The van der Waals surface area contributed by atoms with Crippen molar-refractivity contribution in [2.75, 3.05) is 18.8 Å². The van der Waals surface area contributed by atoms with Crippen molar-refractivity contribution in [3.63, 3.8) is 0 Å². The Morgan fingerprint density at radius 3 is 2.53 bits per heavy atom. The Bertz CT molecular complexity index is 957. The van der Waals surface area contributed by atoms with Crippen LogP contribution in [-0.2, 0) is 23.2 Å². The first-order valence-corrected chi connectivity index (χ1v) is 11.9. The number of nitrogens with zero attached hydrogens (tertiary/aromatic N) is 3. The molecule has 0 bridgehead atoms. The lowest BCUT2D eigenvalue weighted by molar-refractivity contribution is -0.136. The monoisotopic (exact) mass is 425 g/mol. The number of rotatable bonds is 3. The van der Waals surface area contributed by atoms with Crippen LogP contribution < -0.4 is 5.56 Å². The molecule has 5 nitrogen and oxygen atoms in total. The van der Waals surface area contributed by atoms with E-state index < -0.39 is 0 Å². The van der Waals surface area contributed by atoms with Gasteiger partial charge < -0.3 is 4.90 Å². The number of carbonyl (C=O) groups is 1. The van der Waals surface area contributed by atoms with Crippen molar-refractivity contribution in [2.45, 2.75) is 57.1 Å². The summed E-state index contributed by atoms with van der Waals surface area (Å²) in [6.45, 7) is 8.27. The summed E-state index contributed by atoms with van der Waals surface area (Å²) in [5.41, 5.74) is 1.99. The summed E-state index contributed by atoms with van der Waals surface area (Å²) in [5.74, 6) is 1.38. The molecule has 1 unspecified atom stereocenters. The molecule has 160 valence electrons. The number of piperidine rings is 1. The zero-order valence-corrected chi connectivity index (χ0v) is 19.0. The molecule has 1 saturated heterocycles. The topological polar surface area (TPSA) is 55.2 Å². The fraction of sp³-hybridized carbons (Fsp3) is 0.542. The molecule has 0 spiro atoms. The summed E-state index contributed by atoms with van der Waals surface area (Å²) < 4.78 is 1.69. The van der Waals surface area contributed by atoms with Gasteiger partial charge in [-0.2, -0.15) is 0 Å². The van der Waals surface area contributed by atoms with Crippen LogP contribution in [0, 0.1) is 11.8 Å². The highest BCUT2D eigenvalue weighted by Gasteiger charge is 2.33. The minimum atomic E-state index is -0.161. The van der Waals surface area contributed by atoms with E-state index in [1.807, 2.05) is 4.90 Å². The maximum atomic E-state index is 13.1. The van der Waals surface area contributed by atoms with Crippen molar-refractivity contribution >= 4 is 17.7 Å². The standard InChI is InChI=1S/C24H31N3O2S/c1-24(2,3)20-14-21(28)27-15-19(16-30-23(27)25-20)22(29)26-11-9-18(10-12-26)13-17-7-5-4-6-8-17/h4-8,14,18-19H,9-13,15-16H2,1-3H3. The largest absolute Gasteiger partial charge is 0.342 e. The first-order chi connectivity index (χ1) is 14.3. The van der Waals surface area contributed by atoms with Gasteiger partial charge in [0.05, 0.1) is 11.6 Å². The number of thioether (sulfide) groups is 1. The number of benzene rings is 1. The van der Waals surface area contributed by atoms with E-state index in [4.69, 9.17) is 4.98 Å². The summed E-state index contributed by atoms with van der Waals surface area (Å²) in [6.07, 6.45) is 3.19. The van der Waals surface area contributed by atoms with E-state index in [1.165, 1.54) is 5.56 Å². The zero-order chi connectivity index (χ0) is 21.3. The highest BCUT2D eigenvalue weighted by Crippen LogP contribution is 2.30. The Morgan fingerprint density at radius 1 is 1.17 bits per heavy atom. The molecule has 30 heavy (non-hydrogen) atoms. The molecule has 1 atom stereocenters. The third-order valence-electron chi connectivity index (χ3n) is 6.20. The minimum Gasteiger partial charge on any atom is -0.342 e. The molecule has 0 aliphatic carbocycles. The van der Waals surface area contributed by atoms with Crippen LogP contribution in [0.5, 0.6) is 0 Å². The normalized spacial score (nSPS) is 20.1. The fourth-order valence-corrected chi connectivity index (χ4v) is 5.39. The van der Waals surface area contributed by atoms with Gasteiger partial charge in [0.2, 0.25) is 5.91 Å². The van der Waals surface area contributed by atoms with Gasteiger partial charge in [-0.15, -0.1) is 0 Å². The molecule has 2 aliphatic heterocycles. The summed E-state index contributed by atoms with van der Waals surface area (Å²) in [5, 5.41) is 0.748. The van der Waals surface area contributed by atoms with Crippen LogP contribution in [0.3, 0.4) is 0 Å². The van der Waals surface area contributed by atoms with Gasteiger partial charge in [0.1, 0.15) is 0 Å². The number of carbonyl (C=O) groups excluding carboxylic acids is 1. The van der Waals surface area contributed by atoms with Crippen LogP contribution in [0.15, 0.2) is 46.3 Å². The second-order valence-corrected chi connectivity index (χ2v) is 10.6. The molecule has 1 amide bonds. The van der Waals surface area contributed by atoms with E-state index in [1.54, 1.807) is 22.4 Å². The molecule has 2 aliphatic rings. The molecule has 3 heterocycles. The number of aromatic nitrogens is 2. The molecule has 6 heteroatoms. The molecule has 1 aromatic heterocycles. The van der Waals surface area contributed by atoms with E-state index in [0.29, 0.717) is 18.2 Å². The third kappa shape index (κ3) is 4.64. The molecular weight excluding hydrogens is 394 g/mol. The molecule has 2 aromatic rings. The van der Waals surface area contributed by atoms with E-state index in [2.05, 4.69) is 51.1 Å². The summed E-state index contributed by atoms with van der Waals surface area (Å²) in [6, 6.07) is 12.2. The van der Waals surface area contributed by atoms with Gasteiger partial charge in [0.25, 0.3) is 5.56 Å². The molecule has 0 saturated carbocycles. The highest BCUT2D eigenvalue weighted by molar-refractivity contribution is 7.99. The van der Waals surface area contributed by atoms with Crippen molar-refractivity contribution < 1.29 is 4.79 Å². The van der Waals surface area contributed by atoms with E-state index >= 15 is 0 Å². The summed E-state index contributed by atoms with van der Waals surface area (Å²) >= 11 is 1.54. The fourth-order valence-electron chi connectivity index (χ4n) is 4.31. The SMILES string of the molecule is CC(C)(C)c1cc(=O)n2c(n1)SCC(C(=O)N1CCC(Cc3ccccc3)CC1)C2. The van der Waals surface area contributed by atoms with Crippen molar-refractivity contribution in [3.8, 4) is 0 Å². The van der Waals surface area contributed by atoms with Gasteiger partial charge in [-0.1, -0.05) is 62.9 Å². The Hall–Kier alpha value is -2.08. The van der Waals surface area contributed by atoms with Gasteiger partial charge in [0.15, 0.2) is 5.16 Å². The minimum absolute atomic E-state index is 0.0449. The zero-order valence-electron chi connectivity index (χ0n) is 18.1. The third-order valence-corrected chi connectivity index (χ3v) is 7.34. The lowest BCUT2D eigenvalue weighted by Gasteiger charge is -2.35. The van der Waals surface area contributed by atoms with Crippen molar-refractivity contribution in [3.05, 3.63) is 58.0 Å². The number of fused-ring (bicyclic) bond motifs is 1. The van der Waals surface area contributed by atoms with Crippen molar-refractivity contribution in [1.29, 1.82) is 0 Å². The number of hydrogen-bond acceptors (Lipinski definition) is 4. The van der Waals surface area contributed by atoms with E-state index in [-0.39, 0.29) is 22.8 Å². The van der Waals surface area contributed by atoms with Crippen molar-refractivity contribution in [2.24, 2.45) is 11.8 Å². The molecule has 1 aromatic carbocycles. The van der Waals surface area contributed by atoms with Crippen LogP contribution in [0.1, 0.15) is 44.9 Å². The van der Waals surface area contributed by atoms with Gasteiger partial charge >= 0.3 is 0 Å². The van der Waals surface area contributed by atoms with Crippen LogP contribution in [0.4, 0.5) is 0 Å². The van der Waals surface area contributed by atoms with Crippen LogP contribution in [-0.4, -0.2) is 39.2 Å². The second kappa shape index (κ2) is 8.58. The summed E-state index contributed by atoms with van der Waals surface area (Å²) in [7, 11) is 0. The Morgan fingerprint density at radius 2 is 1.87 bits per heavy atom. The molecule has 0 N–H and O–H groups in total. The number of amides is 1. The maximum absolute atomic E-state index is 13.1.